The highest BCUT2D eigenvalue weighted by atomic mass is 35.5. The predicted octanol–water partition coefficient (Wildman–Crippen LogP) is 3.18. The van der Waals surface area contributed by atoms with Crippen LogP contribution in [0.3, 0.4) is 0 Å². The van der Waals surface area contributed by atoms with Gasteiger partial charge in [-0.05, 0) is 45.1 Å². The lowest BCUT2D eigenvalue weighted by Gasteiger charge is -2.39. The molecule has 0 bridgehead atoms. The number of anilines is 2. The number of phenols is 1. The molecule has 0 radical (unpaired) electrons. The summed E-state index contributed by atoms with van der Waals surface area (Å²) >= 11 is 6.08. The molecule has 11 heteroatoms. The fraction of sp³-hybridized carbons (Fsp3) is 0.444. The Morgan fingerprint density at radius 1 is 1.26 bits per heavy atom. The van der Waals surface area contributed by atoms with Crippen molar-refractivity contribution in [3.63, 3.8) is 0 Å². The van der Waals surface area contributed by atoms with Gasteiger partial charge in [0.15, 0.2) is 5.75 Å². The van der Waals surface area contributed by atoms with Gasteiger partial charge in [0.2, 0.25) is 11.8 Å². The largest absolute Gasteiger partial charge is 0.504 e. The lowest BCUT2D eigenvalue weighted by Crippen LogP contribution is -2.49. The van der Waals surface area contributed by atoms with E-state index in [0.29, 0.717) is 57.0 Å². The molecule has 0 aliphatic carbocycles. The Labute approximate surface area is 227 Å². The fourth-order valence-corrected chi connectivity index (χ4v) is 5.09. The second kappa shape index (κ2) is 11.9. The fourth-order valence-electron chi connectivity index (χ4n) is 4.94. The van der Waals surface area contributed by atoms with E-state index in [-0.39, 0.29) is 34.8 Å². The summed E-state index contributed by atoms with van der Waals surface area (Å²) in [6, 6.07) is 4.86. The number of carbonyl (C=O) groups is 1. The van der Waals surface area contributed by atoms with Gasteiger partial charge in [0.05, 0.1) is 29.6 Å². The Bertz CT molecular complexity index is 1260. The van der Waals surface area contributed by atoms with Crippen LogP contribution in [0.2, 0.25) is 5.02 Å². The van der Waals surface area contributed by atoms with Crippen molar-refractivity contribution in [2.75, 3.05) is 69.8 Å². The summed E-state index contributed by atoms with van der Waals surface area (Å²) in [7, 11) is 3.96. The first-order valence-corrected chi connectivity index (χ1v) is 12.9. The second-order valence-corrected chi connectivity index (χ2v) is 10.0. The van der Waals surface area contributed by atoms with Crippen molar-refractivity contribution in [1.82, 2.24) is 14.8 Å². The first-order valence-electron chi connectivity index (χ1n) is 12.6. The number of aromatic hydroxyl groups is 1. The summed E-state index contributed by atoms with van der Waals surface area (Å²) in [5.74, 6) is -0.771. The number of hydrogen-bond donors (Lipinski definition) is 1. The number of rotatable bonds is 8. The highest BCUT2D eigenvalue weighted by molar-refractivity contribution is 6.32. The highest BCUT2D eigenvalue weighted by Gasteiger charge is 2.32. The van der Waals surface area contributed by atoms with E-state index in [1.807, 2.05) is 19.0 Å². The number of ether oxygens (including phenoxy) is 1. The molecule has 3 heterocycles. The zero-order valence-corrected chi connectivity index (χ0v) is 22.5. The van der Waals surface area contributed by atoms with E-state index in [4.69, 9.17) is 21.3 Å². The monoisotopic (exact) mass is 542 g/mol. The molecule has 0 spiro atoms. The third-order valence-electron chi connectivity index (χ3n) is 6.85. The first kappa shape index (κ1) is 27.5. The smallest absolute Gasteiger partial charge is 0.246 e. The number of carbonyl (C=O) groups excluding carboxylic acids is 1. The lowest BCUT2D eigenvalue weighted by molar-refractivity contribution is -0.126. The van der Waals surface area contributed by atoms with Crippen LogP contribution >= 0.6 is 11.6 Å². The number of benzene rings is 1. The zero-order chi connectivity index (χ0) is 27.4. The van der Waals surface area contributed by atoms with Gasteiger partial charge in [0.1, 0.15) is 23.1 Å². The van der Waals surface area contributed by atoms with Gasteiger partial charge in [-0.3, -0.25) is 4.79 Å². The van der Waals surface area contributed by atoms with E-state index >= 15 is 0 Å². The summed E-state index contributed by atoms with van der Waals surface area (Å²) in [6.45, 7) is 7.46. The van der Waals surface area contributed by atoms with E-state index < -0.39 is 5.82 Å². The number of halogens is 2. The first-order chi connectivity index (χ1) is 18.2. The lowest BCUT2D eigenvalue weighted by atomic mass is 9.97. The molecule has 1 aromatic heterocycles. The van der Waals surface area contributed by atoms with Gasteiger partial charge in [0, 0.05) is 44.8 Å². The van der Waals surface area contributed by atoms with Gasteiger partial charge in [-0.2, -0.15) is 5.26 Å². The molecule has 0 atom stereocenters. The number of hydrogen-bond acceptors (Lipinski definition) is 8. The minimum atomic E-state index is -0.576. The second-order valence-electron chi connectivity index (χ2n) is 9.60. The zero-order valence-electron chi connectivity index (χ0n) is 21.7. The summed E-state index contributed by atoms with van der Waals surface area (Å²) in [4.78, 5) is 24.4. The Balaban J connectivity index is 1.71. The van der Waals surface area contributed by atoms with E-state index in [1.54, 1.807) is 9.80 Å². The Morgan fingerprint density at radius 2 is 2.00 bits per heavy atom. The van der Waals surface area contributed by atoms with Gasteiger partial charge >= 0.3 is 0 Å². The molecular weight excluding hydrogens is 511 g/mol. The van der Waals surface area contributed by atoms with Crippen molar-refractivity contribution in [1.29, 1.82) is 5.26 Å². The number of nitriles is 1. The van der Waals surface area contributed by atoms with Crippen LogP contribution in [-0.4, -0.2) is 85.8 Å². The Morgan fingerprint density at radius 3 is 2.66 bits per heavy atom. The third-order valence-corrected chi connectivity index (χ3v) is 7.15. The summed E-state index contributed by atoms with van der Waals surface area (Å²) < 4.78 is 20.8. The molecule has 38 heavy (non-hydrogen) atoms. The molecule has 0 saturated carbocycles. The van der Waals surface area contributed by atoms with Crippen molar-refractivity contribution in [3.8, 4) is 17.7 Å². The molecule has 1 N–H and O–H groups in total. The number of pyridine rings is 1. The number of fused-ring (bicyclic) bond motifs is 1. The third kappa shape index (κ3) is 5.64. The highest BCUT2D eigenvalue weighted by Crippen LogP contribution is 2.42. The molecule has 9 nitrogen and oxygen atoms in total. The molecular formula is C27H32ClFN6O3. The molecule has 1 fully saturated rings. The Kier molecular flexibility index (Phi) is 8.59. The van der Waals surface area contributed by atoms with Crippen LogP contribution in [0, 0.1) is 17.1 Å². The van der Waals surface area contributed by atoms with Crippen LogP contribution in [0.4, 0.5) is 15.8 Å². The van der Waals surface area contributed by atoms with Crippen molar-refractivity contribution in [3.05, 3.63) is 52.4 Å². The van der Waals surface area contributed by atoms with E-state index in [0.717, 1.165) is 24.2 Å². The van der Waals surface area contributed by atoms with Gasteiger partial charge in [-0.1, -0.05) is 18.2 Å². The maximum atomic E-state index is 14.8. The van der Waals surface area contributed by atoms with Crippen molar-refractivity contribution < 1.29 is 19.0 Å². The minimum Gasteiger partial charge on any atom is -0.504 e. The summed E-state index contributed by atoms with van der Waals surface area (Å²) in [6.07, 6.45) is 2.54. The van der Waals surface area contributed by atoms with E-state index in [9.17, 15) is 19.6 Å². The molecule has 2 aromatic rings. The van der Waals surface area contributed by atoms with Crippen LogP contribution in [-0.2, 0) is 17.8 Å². The summed E-state index contributed by atoms with van der Waals surface area (Å²) in [5.41, 5.74) is 2.68. The quantitative estimate of drug-likeness (QED) is 0.401. The number of aromatic nitrogens is 1. The summed E-state index contributed by atoms with van der Waals surface area (Å²) in [5, 5.41) is 20.8. The molecule has 2 aliphatic rings. The number of nitrogens with zero attached hydrogens (tertiary/aromatic N) is 6. The number of amides is 1. The molecule has 4 rings (SSSR count). The van der Waals surface area contributed by atoms with Gasteiger partial charge in [-0.15, -0.1) is 0 Å². The van der Waals surface area contributed by atoms with Crippen LogP contribution < -0.4 is 14.5 Å². The number of phenolic OH excluding ortho intramolecular Hbond substituents is 1. The normalized spacial score (nSPS) is 15.3. The average molecular weight is 543 g/mol. The molecule has 1 amide bonds. The maximum absolute atomic E-state index is 14.8. The molecule has 2 aliphatic heterocycles. The van der Waals surface area contributed by atoms with E-state index in [1.165, 1.54) is 18.2 Å². The molecule has 0 unspecified atom stereocenters. The van der Waals surface area contributed by atoms with E-state index in [2.05, 4.69) is 17.5 Å². The van der Waals surface area contributed by atoms with Crippen LogP contribution in [0.5, 0.6) is 11.6 Å². The standard InChI is InChI=1S/C27H32ClFN6O3/c1-4-23(36)33-11-13-34(14-12-33)24-18-8-10-35(25-21(29)7-6-20(28)26(25)37)17-22(18)31-27(19(24)16-30)38-15-5-9-32(2)3/h4,6-7,37H,1,5,8-15,17H2,2-3H3. The maximum Gasteiger partial charge on any atom is 0.246 e. The predicted molar refractivity (Wildman–Crippen MR) is 144 cm³/mol. The number of piperazine rings is 1. The van der Waals surface area contributed by atoms with Crippen LogP contribution in [0.25, 0.3) is 0 Å². The SMILES string of the molecule is C=CC(=O)N1CCN(c2c(C#N)c(OCCCN(C)C)nc3c2CCN(c2c(F)ccc(Cl)c2O)C3)CC1. The minimum absolute atomic E-state index is 0.0286. The van der Waals surface area contributed by atoms with Crippen LogP contribution in [0.15, 0.2) is 24.8 Å². The molecule has 1 saturated heterocycles. The van der Waals surface area contributed by atoms with Gasteiger partial charge in [0.25, 0.3) is 0 Å². The van der Waals surface area contributed by atoms with Gasteiger partial charge in [-0.25, -0.2) is 9.37 Å². The van der Waals surface area contributed by atoms with Crippen molar-refractivity contribution >= 4 is 28.9 Å². The van der Waals surface area contributed by atoms with Crippen LogP contribution in [0.1, 0.15) is 23.2 Å². The topological polar surface area (TPSA) is 96.2 Å². The average Bonchev–Trinajstić information content (AvgIpc) is 2.92. The van der Waals surface area contributed by atoms with Crippen molar-refractivity contribution in [2.45, 2.75) is 19.4 Å². The van der Waals surface area contributed by atoms with Gasteiger partial charge < -0.3 is 29.4 Å². The molecule has 1 aromatic carbocycles. The Hall–Kier alpha value is -3.55. The molecule has 202 valence electrons. The van der Waals surface area contributed by atoms with Crippen molar-refractivity contribution in [2.24, 2.45) is 0 Å².